The van der Waals surface area contributed by atoms with Crippen LogP contribution in [0.1, 0.15) is 44.1 Å². The molecule has 1 aromatic rings. The maximum absolute atomic E-state index is 13.0. The maximum Gasteiger partial charge on any atom is 0.318 e. The Labute approximate surface area is 162 Å². The van der Waals surface area contributed by atoms with Crippen molar-refractivity contribution in [3.63, 3.8) is 0 Å². The van der Waals surface area contributed by atoms with Crippen LogP contribution < -0.4 is 5.32 Å². The Morgan fingerprint density at radius 2 is 2.00 bits per heavy atom. The van der Waals surface area contributed by atoms with E-state index in [1.807, 2.05) is 18.2 Å². The molecule has 2 bridgehead atoms. The number of hydrogen-bond acceptors (Lipinski definition) is 2. The Hall–Kier alpha value is -1.81. The average Bonchev–Trinajstić information content (AvgIpc) is 2.72. The number of likely N-dealkylation sites (tertiary alicyclic amines) is 1. The summed E-state index contributed by atoms with van der Waals surface area (Å²) in [6.45, 7) is 3.95. The first-order valence-corrected chi connectivity index (χ1v) is 10.8. The van der Waals surface area contributed by atoms with Crippen LogP contribution >= 0.6 is 0 Å². The molecule has 4 aliphatic rings. The van der Waals surface area contributed by atoms with Gasteiger partial charge < -0.3 is 10.2 Å². The highest BCUT2D eigenvalue weighted by molar-refractivity contribution is 5.75. The molecule has 0 spiro atoms. The standard InChI is InChI=1S/C23H31N3O/c27-23(24-15-17-7-2-1-3-8-17)26-12-6-9-18-13-19-14-20(22(18)26)16-25-11-5-4-10-21(19)25/h1-3,7-8,13,19-22H,4-6,9-12,14-16H2,(H,24,27)/t19-,20+,21+,22-/m0/s1. The summed E-state index contributed by atoms with van der Waals surface area (Å²) in [5.74, 6) is 1.34. The molecule has 3 heterocycles. The lowest BCUT2D eigenvalue weighted by Crippen LogP contribution is -2.61. The summed E-state index contributed by atoms with van der Waals surface area (Å²) in [5, 5.41) is 3.18. The second-order valence-electron chi connectivity index (χ2n) is 8.85. The van der Waals surface area contributed by atoms with Crippen molar-refractivity contribution < 1.29 is 4.79 Å². The topological polar surface area (TPSA) is 35.6 Å². The fraction of sp³-hybridized carbons (Fsp3) is 0.609. The number of urea groups is 1. The van der Waals surface area contributed by atoms with Gasteiger partial charge in [0.15, 0.2) is 0 Å². The van der Waals surface area contributed by atoms with E-state index in [0.717, 1.165) is 30.5 Å². The third-order valence-electron chi connectivity index (χ3n) is 7.20. The number of carbonyl (C=O) groups is 1. The minimum atomic E-state index is 0.119. The molecule has 3 aliphatic heterocycles. The molecule has 4 atom stereocenters. The van der Waals surface area contributed by atoms with E-state index in [9.17, 15) is 4.79 Å². The first-order valence-electron chi connectivity index (χ1n) is 10.8. The van der Waals surface area contributed by atoms with Crippen LogP contribution in [0.25, 0.3) is 0 Å². The van der Waals surface area contributed by atoms with Gasteiger partial charge in [-0.3, -0.25) is 4.90 Å². The van der Waals surface area contributed by atoms with Crippen molar-refractivity contribution in [2.75, 3.05) is 19.6 Å². The Morgan fingerprint density at radius 1 is 1.11 bits per heavy atom. The lowest BCUT2D eigenvalue weighted by molar-refractivity contribution is 0.00788. The van der Waals surface area contributed by atoms with Crippen molar-refractivity contribution in [2.45, 2.75) is 57.2 Å². The molecule has 5 rings (SSSR count). The monoisotopic (exact) mass is 365 g/mol. The second-order valence-corrected chi connectivity index (χ2v) is 8.85. The molecule has 27 heavy (non-hydrogen) atoms. The van der Waals surface area contributed by atoms with E-state index in [-0.39, 0.29) is 6.03 Å². The molecule has 4 heteroatoms. The molecular weight excluding hydrogens is 334 g/mol. The predicted molar refractivity (Wildman–Crippen MR) is 107 cm³/mol. The highest BCUT2D eigenvalue weighted by Gasteiger charge is 2.46. The third-order valence-corrected chi connectivity index (χ3v) is 7.20. The molecule has 0 aromatic heterocycles. The van der Waals surface area contributed by atoms with Gasteiger partial charge in [0.1, 0.15) is 0 Å². The van der Waals surface area contributed by atoms with Crippen molar-refractivity contribution in [1.82, 2.24) is 15.1 Å². The first kappa shape index (κ1) is 17.3. The minimum absolute atomic E-state index is 0.119. The molecule has 1 N–H and O–H groups in total. The SMILES string of the molecule is O=C(NCc1ccccc1)N1CCCC2=C[C@H]3C[C@H](CN4CCCC[C@H]34)[C@H]21. The number of amides is 2. The van der Waals surface area contributed by atoms with E-state index in [4.69, 9.17) is 0 Å². The first-order chi connectivity index (χ1) is 13.3. The number of carbonyl (C=O) groups excluding carboxylic acids is 1. The van der Waals surface area contributed by atoms with E-state index in [0.29, 0.717) is 18.5 Å². The number of fused-ring (bicyclic) bond motifs is 6. The summed E-state index contributed by atoms with van der Waals surface area (Å²) in [7, 11) is 0. The highest BCUT2D eigenvalue weighted by Crippen LogP contribution is 2.44. The Kier molecular flexibility index (Phi) is 4.68. The van der Waals surface area contributed by atoms with Gasteiger partial charge in [0.2, 0.25) is 0 Å². The van der Waals surface area contributed by atoms with Gasteiger partial charge in [0, 0.05) is 25.7 Å². The van der Waals surface area contributed by atoms with E-state index in [1.54, 1.807) is 5.57 Å². The van der Waals surface area contributed by atoms with Crippen molar-refractivity contribution in [3.8, 4) is 0 Å². The third kappa shape index (κ3) is 3.29. The Morgan fingerprint density at radius 3 is 2.89 bits per heavy atom. The van der Waals surface area contributed by atoms with Gasteiger partial charge >= 0.3 is 6.03 Å². The molecule has 144 valence electrons. The molecule has 0 saturated carbocycles. The molecule has 0 radical (unpaired) electrons. The fourth-order valence-electron chi connectivity index (χ4n) is 6.08. The summed E-state index contributed by atoms with van der Waals surface area (Å²) in [6.07, 6.45) is 10.3. The number of benzene rings is 1. The summed E-state index contributed by atoms with van der Waals surface area (Å²) >= 11 is 0. The van der Waals surface area contributed by atoms with Gasteiger partial charge in [-0.15, -0.1) is 0 Å². The maximum atomic E-state index is 13.0. The number of piperidine rings is 3. The van der Waals surface area contributed by atoms with Crippen LogP contribution in [0.5, 0.6) is 0 Å². The van der Waals surface area contributed by atoms with Crippen LogP contribution in [-0.4, -0.2) is 47.5 Å². The smallest absolute Gasteiger partial charge is 0.318 e. The highest BCUT2D eigenvalue weighted by atomic mass is 16.2. The molecule has 4 nitrogen and oxygen atoms in total. The quantitative estimate of drug-likeness (QED) is 0.810. The lowest BCUT2D eigenvalue weighted by Gasteiger charge is -2.54. The summed E-state index contributed by atoms with van der Waals surface area (Å²) < 4.78 is 0. The van der Waals surface area contributed by atoms with Crippen molar-refractivity contribution in [3.05, 3.63) is 47.5 Å². The molecular formula is C23H31N3O. The largest absolute Gasteiger partial charge is 0.334 e. The zero-order valence-corrected chi connectivity index (χ0v) is 16.1. The number of nitrogens with zero attached hydrogens (tertiary/aromatic N) is 2. The van der Waals surface area contributed by atoms with Crippen LogP contribution in [0.2, 0.25) is 0 Å². The zero-order valence-electron chi connectivity index (χ0n) is 16.1. The lowest BCUT2D eigenvalue weighted by atomic mass is 9.68. The van der Waals surface area contributed by atoms with E-state index >= 15 is 0 Å². The fourth-order valence-corrected chi connectivity index (χ4v) is 6.08. The van der Waals surface area contributed by atoms with Gasteiger partial charge in [-0.1, -0.05) is 48.4 Å². The molecule has 0 unspecified atom stereocenters. The van der Waals surface area contributed by atoms with E-state index in [1.165, 1.54) is 45.2 Å². The van der Waals surface area contributed by atoms with Gasteiger partial charge in [0.05, 0.1) is 6.04 Å². The summed E-state index contributed by atoms with van der Waals surface area (Å²) in [6, 6.07) is 11.4. The van der Waals surface area contributed by atoms with Gasteiger partial charge in [0.25, 0.3) is 0 Å². The summed E-state index contributed by atoms with van der Waals surface area (Å²) in [4.78, 5) is 17.9. The van der Waals surface area contributed by atoms with Gasteiger partial charge in [-0.2, -0.15) is 0 Å². The van der Waals surface area contributed by atoms with E-state index in [2.05, 4.69) is 33.3 Å². The van der Waals surface area contributed by atoms with Crippen LogP contribution in [0, 0.1) is 11.8 Å². The minimum Gasteiger partial charge on any atom is -0.334 e. The van der Waals surface area contributed by atoms with Crippen LogP contribution in [0.4, 0.5) is 4.79 Å². The van der Waals surface area contributed by atoms with Gasteiger partial charge in [-0.05, 0) is 56.0 Å². The molecule has 1 aliphatic carbocycles. The van der Waals surface area contributed by atoms with Crippen molar-refractivity contribution in [1.29, 1.82) is 0 Å². The van der Waals surface area contributed by atoms with E-state index < -0.39 is 0 Å². The number of hydrogen-bond donors (Lipinski definition) is 1. The van der Waals surface area contributed by atoms with Crippen LogP contribution in [0.3, 0.4) is 0 Å². The zero-order chi connectivity index (χ0) is 18.2. The Bertz CT molecular complexity index is 716. The van der Waals surface area contributed by atoms with Crippen LogP contribution in [0.15, 0.2) is 42.0 Å². The Balaban J connectivity index is 1.33. The molecule has 1 aromatic carbocycles. The van der Waals surface area contributed by atoms with Crippen molar-refractivity contribution >= 4 is 6.03 Å². The molecule has 3 fully saturated rings. The average molecular weight is 366 g/mol. The molecule has 3 saturated heterocycles. The predicted octanol–water partition coefficient (Wildman–Crippen LogP) is 3.79. The normalized spacial score (nSPS) is 32.9. The van der Waals surface area contributed by atoms with Crippen molar-refractivity contribution in [2.24, 2.45) is 11.8 Å². The summed E-state index contributed by atoms with van der Waals surface area (Å²) in [5.41, 5.74) is 2.72. The molecule has 2 amide bonds. The number of rotatable bonds is 2. The van der Waals surface area contributed by atoms with Gasteiger partial charge in [-0.25, -0.2) is 4.79 Å². The van der Waals surface area contributed by atoms with Crippen LogP contribution in [-0.2, 0) is 6.54 Å². The second kappa shape index (κ2) is 7.31. The number of nitrogens with one attached hydrogen (secondary N) is 1.